The smallest absolute Gasteiger partial charge is 0.164 e. The summed E-state index contributed by atoms with van der Waals surface area (Å²) >= 11 is 0. The van der Waals surface area contributed by atoms with Crippen LogP contribution >= 0.6 is 0 Å². The lowest BCUT2D eigenvalue weighted by Gasteiger charge is -2.40. The van der Waals surface area contributed by atoms with Gasteiger partial charge in [-0.1, -0.05) is 152 Å². The Hall–Kier alpha value is -7.50. The number of allylic oxidation sites excluding steroid dienone is 3. The summed E-state index contributed by atoms with van der Waals surface area (Å²) in [6.45, 7) is 5.79. The highest BCUT2D eigenvalue weighted by Crippen LogP contribution is 2.62. The molecule has 7 aromatic carbocycles. The molecule has 0 bridgehead atoms. The average Bonchev–Trinajstić information content (AvgIpc) is 3.58. The maximum Gasteiger partial charge on any atom is 0.164 e. The molecule has 0 atom stereocenters. The summed E-state index contributed by atoms with van der Waals surface area (Å²) in [6.07, 6.45) is 5.94. The van der Waals surface area contributed by atoms with E-state index in [0.717, 1.165) is 61.7 Å². The van der Waals surface area contributed by atoms with Crippen molar-refractivity contribution < 1.29 is 4.74 Å². The molecular weight excluding hydrogens is 697 g/mol. The molecule has 1 aromatic heterocycles. The van der Waals surface area contributed by atoms with Crippen molar-refractivity contribution in [3.05, 3.63) is 216 Å². The lowest BCUT2D eigenvalue weighted by atomic mass is 9.65. The normalized spacial score (nSPS) is 13.4. The molecule has 0 amide bonds. The van der Waals surface area contributed by atoms with E-state index in [1.807, 2.05) is 85.8 Å². The van der Waals surface area contributed by atoms with E-state index >= 15 is 0 Å². The Morgan fingerprint density at radius 2 is 0.982 bits per heavy atom. The van der Waals surface area contributed by atoms with Crippen LogP contribution in [0.1, 0.15) is 34.7 Å². The maximum absolute atomic E-state index is 6.88. The van der Waals surface area contributed by atoms with Gasteiger partial charge in [-0.05, 0) is 83.4 Å². The van der Waals surface area contributed by atoms with Crippen LogP contribution in [0.3, 0.4) is 0 Å². The molecule has 1 aliphatic carbocycles. The molecule has 57 heavy (non-hydrogen) atoms. The third-order valence-electron chi connectivity index (χ3n) is 11.0. The molecule has 1 spiro atoms. The van der Waals surface area contributed by atoms with Gasteiger partial charge in [0, 0.05) is 33.4 Å². The van der Waals surface area contributed by atoms with Gasteiger partial charge in [0.2, 0.25) is 0 Å². The molecule has 0 radical (unpaired) electrons. The average molecular weight is 733 g/mol. The molecule has 5 nitrogen and oxygen atoms in total. The number of hydrogen-bond donors (Lipinski definition) is 0. The predicted octanol–water partition coefficient (Wildman–Crippen LogP) is 12.6. The van der Waals surface area contributed by atoms with Crippen LogP contribution in [0, 0.1) is 0 Å². The number of benzene rings is 7. The Morgan fingerprint density at radius 3 is 1.53 bits per heavy atom. The number of nitrogens with zero attached hydrogens (tertiary/aromatic N) is 4. The number of fused-ring (bicyclic) bond motifs is 9. The number of hydrogen-bond acceptors (Lipinski definition) is 5. The van der Waals surface area contributed by atoms with Gasteiger partial charge in [-0.2, -0.15) is 0 Å². The largest absolute Gasteiger partial charge is 0.457 e. The number of aromatic nitrogens is 3. The highest BCUT2D eigenvalue weighted by molar-refractivity contribution is 5.90. The molecule has 0 N–H and O–H groups in total. The second-order valence-electron chi connectivity index (χ2n) is 14.2. The Balaban J connectivity index is 1.19. The van der Waals surface area contributed by atoms with Crippen LogP contribution in [-0.4, -0.2) is 21.7 Å². The summed E-state index contributed by atoms with van der Waals surface area (Å²) < 4.78 is 6.88. The van der Waals surface area contributed by atoms with Crippen LogP contribution in [0.5, 0.6) is 11.5 Å². The molecule has 0 unspecified atom stereocenters. The zero-order valence-electron chi connectivity index (χ0n) is 31.3. The van der Waals surface area contributed by atoms with Crippen molar-refractivity contribution in [3.8, 4) is 67.9 Å². The highest BCUT2D eigenvalue weighted by Gasteiger charge is 2.51. The van der Waals surface area contributed by atoms with E-state index in [1.54, 1.807) is 0 Å². The lowest BCUT2D eigenvalue weighted by molar-refractivity contribution is 0.436. The fourth-order valence-corrected chi connectivity index (χ4v) is 8.42. The molecule has 5 heteroatoms. The molecule has 2 aliphatic rings. The quantitative estimate of drug-likeness (QED) is 0.121. The van der Waals surface area contributed by atoms with Crippen molar-refractivity contribution in [3.63, 3.8) is 0 Å². The van der Waals surface area contributed by atoms with Crippen LogP contribution in [0.15, 0.2) is 193 Å². The predicted molar refractivity (Wildman–Crippen MR) is 231 cm³/mol. The van der Waals surface area contributed by atoms with Crippen LogP contribution in [0.4, 0.5) is 0 Å². The van der Waals surface area contributed by atoms with Gasteiger partial charge >= 0.3 is 0 Å². The van der Waals surface area contributed by atoms with Crippen molar-refractivity contribution >= 4 is 12.4 Å². The maximum atomic E-state index is 6.88. The minimum Gasteiger partial charge on any atom is -0.457 e. The van der Waals surface area contributed by atoms with Crippen molar-refractivity contribution in [2.75, 3.05) is 0 Å². The first-order valence-corrected chi connectivity index (χ1v) is 19.1. The Kier molecular flexibility index (Phi) is 8.34. The molecule has 0 saturated heterocycles. The summed E-state index contributed by atoms with van der Waals surface area (Å²) in [5.74, 6) is 3.46. The number of aliphatic imine (C=N–C) groups is 1. The first kappa shape index (κ1) is 34.0. The number of ether oxygens (including phenoxy) is 1. The van der Waals surface area contributed by atoms with Crippen LogP contribution in [0.2, 0.25) is 0 Å². The van der Waals surface area contributed by atoms with Gasteiger partial charge in [0.05, 0.1) is 11.1 Å². The van der Waals surface area contributed by atoms with E-state index < -0.39 is 5.41 Å². The van der Waals surface area contributed by atoms with Gasteiger partial charge in [-0.25, -0.2) is 15.0 Å². The minimum atomic E-state index is -0.686. The van der Waals surface area contributed by atoms with E-state index in [2.05, 4.69) is 121 Å². The Morgan fingerprint density at radius 1 is 0.509 bits per heavy atom. The van der Waals surface area contributed by atoms with E-state index in [1.165, 1.54) is 22.3 Å². The zero-order chi connectivity index (χ0) is 38.3. The summed E-state index contributed by atoms with van der Waals surface area (Å²) in [4.78, 5) is 19.4. The SMILES string of the molecule is C=N/C(=C\C=C/C)c1ccc(-c2ccc3c(c2)C2(c4cc(-c5nc(-c6ccccc6)nc(-c6ccccc6)n5)ccc4O3)c3ccccc3-c3ccccc32)cc1. The summed E-state index contributed by atoms with van der Waals surface area (Å²) in [7, 11) is 0. The standard InChI is InChI=1S/C52H36N4O/c1-3-4-23-46(53-2)35-26-24-34(25-27-35)38-28-30-47-44(32-38)52(42-21-13-11-19-40(42)41-20-12-14-22-43(41)52)45-33-39(29-31-48(45)57-47)51-55-49(36-15-7-5-8-16-36)54-50(56-51)37-17-9-6-10-18-37/h3-33H,2H2,1H3/b4-3-,46-23-. The summed E-state index contributed by atoms with van der Waals surface area (Å²) in [5.41, 5.74) is 13.0. The van der Waals surface area contributed by atoms with Gasteiger partial charge in [-0.3, -0.25) is 4.99 Å². The summed E-state index contributed by atoms with van der Waals surface area (Å²) in [5, 5.41) is 0. The van der Waals surface area contributed by atoms with E-state index in [0.29, 0.717) is 17.5 Å². The molecular formula is C52H36N4O. The molecule has 270 valence electrons. The molecule has 0 fully saturated rings. The van der Waals surface area contributed by atoms with Crippen molar-refractivity contribution in [1.82, 2.24) is 15.0 Å². The van der Waals surface area contributed by atoms with Gasteiger partial charge in [0.15, 0.2) is 17.5 Å². The van der Waals surface area contributed by atoms with Crippen LogP contribution < -0.4 is 4.74 Å². The highest BCUT2D eigenvalue weighted by atomic mass is 16.5. The first-order valence-electron chi connectivity index (χ1n) is 19.1. The second kappa shape index (κ2) is 14.0. The van der Waals surface area contributed by atoms with Crippen molar-refractivity contribution in [2.24, 2.45) is 4.99 Å². The lowest BCUT2D eigenvalue weighted by Crippen LogP contribution is -2.32. The Labute approximate surface area is 332 Å². The molecule has 8 aromatic rings. The molecule has 1 aliphatic heterocycles. The van der Waals surface area contributed by atoms with Crippen LogP contribution in [0.25, 0.3) is 62.1 Å². The van der Waals surface area contributed by atoms with Gasteiger partial charge in [0.1, 0.15) is 11.5 Å². The third-order valence-corrected chi connectivity index (χ3v) is 11.0. The number of rotatable bonds is 7. The van der Waals surface area contributed by atoms with E-state index in [9.17, 15) is 0 Å². The van der Waals surface area contributed by atoms with E-state index in [-0.39, 0.29) is 0 Å². The fraction of sp³-hybridized carbons (Fsp3) is 0.0385. The minimum absolute atomic E-state index is 0.594. The Bertz CT molecular complexity index is 2790. The topological polar surface area (TPSA) is 60.3 Å². The monoisotopic (exact) mass is 732 g/mol. The molecule has 10 rings (SSSR count). The van der Waals surface area contributed by atoms with Crippen LogP contribution in [-0.2, 0) is 5.41 Å². The molecule has 2 heterocycles. The van der Waals surface area contributed by atoms with Crippen molar-refractivity contribution in [2.45, 2.75) is 12.3 Å². The fourth-order valence-electron chi connectivity index (χ4n) is 8.42. The summed E-state index contributed by atoms with van der Waals surface area (Å²) in [6, 6.07) is 59.2. The molecule has 0 saturated carbocycles. The van der Waals surface area contributed by atoms with Gasteiger partial charge in [-0.15, -0.1) is 0 Å². The second-order valence-corrected chi connectivity index (χ2v) is 14.2. The third kappa shape index (κ3) is 5.63. The zero-order valence-corrected chi connectivity index (χ0v) is 31.3. The van der Waals surface area contributed by atoms with Crippen molar-refractivity contribution in [1.29, 1.82) is 0 Å². The van der Waals surface area contributed by atoms with E-state index in [4.69, 9.17) is 19.7 Å². The van der Waals surface area contributed by atoms with Gasteiger partial charge < -0.3 is 4.74 Å². The first-order chi connectivity index (χ1) is 28.1. The van der Waals surface area contributed by atoms with Gasteiger partial charge in [0.25, 0.3) is 0 Å².